The van der Waals surface area contributed by atoms with Crippen LogP contribution < -0.4 is 4.74 Å². The van der Waals surface area contributed by atoms with Gasteiger partial charge >= 0.3 is 5.97 Å². The molecule has 2 heterocycles. The number of pyridine rings is 1. The second kappa shape index (κ2) is 8.48. The van der Waals surface area contributed by atoms with E-state index in [9.17, 15) is 9.90 Å². The summed E-state index contributed by atoms with van der Waals surface area (Å²) < 4.78 is 5.93. The number of aryl methyl sites for hydroxylation is 1. The van der Waals surface area contributed by atoms with E-state index >= 15 is 0 Å². The summed E-state index contributed by atoms with van der Waals surface area (Å²) in [6, 6.07) is 18.3. The van der Waals surface area contributed by atoms with Gasteiger partial charge < -0.3 is 9.84 Å². The van der Waals surface area contributed by atoms with Gasteiger partial charge in [0.2, 0.25) is 0 Å². The van der Waals surface area contributed by atoms with Gasteiger partial charge in [0.05, 0.1) is 12.2 Å². The van der Waals surface area contributed by atoms with Crippen LogP contribution in [0.3, 0.4) is 0 Å². The molecule has 1 N–H and O–H groups in total. The van der Waals surface area contributed by atoms with Gasteiger partial charge in [-0.1, -0.05) is 36.0 Å². The van der Waals surface area contributed by atoms with Crippen molar-refractivity contribution in [2.75, 3.05) is 6.61 Å². The lowest BCUT2D eigenvalue weighted by Gasteiger charge is -2.26. The highest BCUT2D eigenvalue weighted by atomic mass is 32.2. The number of ether oxygens (including phenoxy) is 1. The molecule has 0 fully saturated rings. The standard InChI is InChI=1S/C23H21NO3S/c25-23(26)21-10-12-24-15-17(21)7-6-16-11-13-27-22-14-19(8-9-20(16)22)28-18-4-2-1-3-5-18/h1-5,8-10,12,14-16H,6-7,11,13H2,(H,25,26). The summed E-state index contributed by atoms with van der Waals surface area (Å²) in [5, 5.41) is 9.36. The van der Waals surface area contributed by atoms with E-state index in [4.69, 9.17) is 4.74 Å². The Kier molecular flexibility index (Phi) is 5.63. The Morgan fingerprint density at radius 3 is 2.82 bits per heavy atom. The Hall–Kier alpha value is -2.79. The van der Waals surface area contributed by atoms with Crippen LogP contribution in [-0.4, -0.2) is 22.7 Å². The summed E-state index contributed by atoms with van der Waals surface area (Å²) in [6.07, 6.45) is 5.72. The third-order valence-electron chi connectivity index (χ3n) is 5.02. The molecule has 1 aliphatic rings. The highest BCUT2D eigenvalue weighted by molar-refractivity contribution is 7.99. The van der Waals surface area contributed by atoms with Crippen LogP contribution in [0.25, 0.3) is 0 Å². The fourth-order valence-corrected chi connectivity index (χ4v) is 4.46. The van der Waals surface area contributed by atoms with Crippen molar-refractivity contribution in [1.82, 2.24) is 4.98 Å². The van der Waals surface area contributed by atoms with Crippen molar-refractivity contribution in [3.8, 4) is 5.75 Å². The Balaban J connectivity index is 1.49. The third kappa shape index (κ3) is 4.20. The molecule has 1 aromatic heterocycles. The van der Waals surface area contributed by atoms with E-state index < -0.39 is 5.97 Å². The lowest BCUT2D eigenvalue weighted by Crippen LogP contribution is -2.15. The number of aromatic nitrogens is 1. The van der Waals surface area contributed by atoms with Crippen LogP contribution in [0.2, 0.25) is 0 Å². The molecule has 0 spiro atoms. The first-order valence-electron chi connectivity index (χ1n) is 9.36. The number of fused-ring (bicyclic) bond motifs is 1. The summed E-state index contributed by atoms with van der Waals surface area (Å²) >= 11 is 1.72. The van der Waals surface area contributed by atoms with Crippen LogP contribution in [0, 0.1) is 0 Å². The maximum atomic E-state index is 11.4. The maximum Gasteiger partial charge on any atom is 0.336 e. The van der Waals surface area contributed by atoms with Gasteiger partial charge in [0.25, 0.3) is 0 Å². The van der Waals surface area contributed by atoms with Crippen molar-refractivity contribution >= 4 is 17.7 Å². The molecule has 0 amide bonds. The number of rotatable bonds is 6. The van der Waals surface area contributed by atoms with Crippen molar-refractivity contribution in [1.29, 1.82) is 0 Å². The quantitative estimate of drug-likeness (QED) is 0.607. The van der Waals surface area contributed by atoms with Gasteiger partial charge in [0, 0.05) is 22.2 Å². The van der Waals surface area contributed by atoms with Gasteiger partial charge in [-0.15, -0.1) is 0 Å². The number of hydrogen-bond acceptors (Lipinski definition) is 4. The fraction of sp³-hybridized carbons (Fsp3) is 0.217. The molecule has 1 unspecified atom stereocenters. The zero-order valence-corrected chi connectivity index (χ0v) is 16.2. The topological polar surface area (TPSA) is 59.4 Å². The highest BCUT2D eigenvalue weighted by Gasteiger charge is 2.22. The smallest absolute Gasteiger partial charge is 0.336 e. The summed E-state index contributed by atoms with van der Waals surface area (Å²) in [7, 11) is 0. The first-order chi connectivity index (χ1) is 13.7. The minimum Gasteiger partial charge on any atom is -0.493 e. The van der Waals surface area contributed by atoms with Crippen LogP contribution in [0.5, 0.6) is 5.75 Å². The Morgan fingerprint density at radius 2 is 2.00 bits per heavy atom. The van der Waals surface area contributed by atoms with E-state index in [0.29, 0.717) is 24.5 Å². The van der Waals surface area contributed by atoms with Crippen molar-refractivity contribution in [3.63, 3.8) is 0 Å². The number of carboxylic acid groups (broad SMARTS) is 1. The second-order valence-corrected chi connectivity index (χ2v) is 7.97. The molecular formula is C23H21NO3S. The van der Waals surface area contributed by atoms with Gasteiger partial charge in [-0.3, -0.25) is 4.98 Å². The molecule has 142 valence electrons. The average molecular weight is 391 g/mol. The van der Waals surface area contributed by atoms with Crippen molar-refractivity contribution in [2.24, 2.45) is 0 Å². The number of carboxylic acids is 1. The molecule has 0 saturated carbocycles. The van der Waals surface area contributed by atoms with E-state index in [0.717, 1.165) is 29.1 Å². The van der Waals surface area contributed by atoms with E-state index in [-0.39, 0.29) is 0 Å². The van der Waals surface area contributed by atoms with Crippen molar-refractivity contribution in [3.05, 3.63) is 83.7 Å². The maximum absolute atomic E-state index is 11.4. The normalized spacial score (nSPS) is 15.5. The molecule has 3 aromatic rings. The first kappa shape index (κ1) is 18.6. The van der Waals surface area contributed by atoms with Gasteiger partial charge in [0.15, 0.2) is 0 Å². The average Bonchev–Trinajstić information content (AvgIpc) is 2.73. The molecule has 1 aliphatic heterocycles. The van der Waals surface area contributed by atoms with Gasteiger partial charge in [-0.2, -0.15) is 0 Å². The SMILES string of the molecule is O=C(O)c1ccncc1CCC1CCOc2cc(Sc3ccccc3)ccc21. The van der Waals surface area contributed by atoms with Gasteiger partial charge in [-0.25, -0.2) is 4.79 Å². The third-order valence-corrected chi connectivity index (χ3v) is 6.02. The van der Waals surface area contributed by atoms with Crippen molar-refractivity contribution < 1.29 is 14.6 Å². The van der Waals surface area contributed by atoms with Gasteiger partial charge in [0.1, 0.15) is 5.75 Å². The molecule has 0 aliphatic carbocycles. The van der Waals surface area contributed by atoms with Crippen LogP contribution in [-0.2, 0) is 6.42 Å². The summed E-state index contributed by atoms with van der Waals surface area (Å²) in [5.74, 6) is 0.413. The zero-order chi connectivity index (χ0) is 19.3. The lowest BCUT2D eigenvalue weighted by atomic mass is 9.87. The molecular weight excluding hydrogens is 370 g/mol. The van der Waals surface area contributed by atoms with Crippen LogP contribution >= 0.6 is 11.8 Å². The zero-order valence-electron chi connectivity index (χ0n) is 15.4. The molecule has 5 heteroatoms. The number of benzene rings is 2. The van der Waals surface area contributed by atoms with E-state index in [2.05, 4.69) is 35.3 Å². The van der Waals surface area contributed by atoms with Crippen LogP contribution in [0.1, 0.15) is 40.2 Å². The van der Waals surface area contributed by atoms with E-state index in [1.807, 2.05) is 18.2 Å². The second-order valence-electron chi connectivity index (χ2n) is 6.83. The van der Waals surface area contributed by atoms with Crippen LogP contribution in [0.4, 0.5) is 0 Å². The molecule has 0 saturated heterocycles. The monoisotopic (exact) mass is 391 g/mol. The molecule has 4 nitrogen and oxygen atoms in total. The number of carbonyl (C=O) groups is 1. The largest absolute Gasteiger partial charge is 0.493 e. The molecule has 4 rings (SSSR count). The number of nitrogens with zero attached hydrogens (tertiary/aromatic N) is 1. The number of hydrogen-bond donors (Lipinski definition) is 1. The van der Waals surface area contributed by atoms with Crippen molar-refractivity contribution in [2.45, 2.75) is 35.0 Å². The summed E-state index contributed by atoms with van der Waals surface area (Å²) in [4.78, 5) is 17.9. The number of aromatic carboxylic acids is 1. The van der Waals surface area contributed by atoms with E-state index in [1.165, 1.54) is 16.7 Å². The molecule has 28 heavy (non-hydrogen) atoms. The molecule has 2 aromatic carbocycles. The minimum atomic E-state index is -0.896. The Morgan fingerprint density at radius 1 is 1.14 bits per heavy atom. The fourth-order valence-electron chi connectivity index (χ4n) is 3.60. The summed E-state index contributed by atoms with van der Waals surface area (Å²) in [6.45, 7) is 0.690. The summed E-state index contributed by atoms with van der Waals surface area (Å²) in [5.41, 5.74) is 2.35. The molecule has 0 bridgehead atoms. The first-order valence-corrected chi connectivity index (χ1v) is 10.2. The minimum absolute atomic E-state index is 0.344. The highest BCUT2D eigenvalue weighted by Crippen LogP contribution is 2.40. The predicted molar refractivity (Wildman–Crippen MR) is 109 cm³/mol. The molecule has 1 atom stereocenters. The Bertz CT molecular complexity index is 975. The van der Waals surface area contributed by atoms with E-state index in [1.54, 1.807) is 24.0 Å². The van der Waals surface area contributed by atoms with Crippen LogP contribution in [0.15, 0.2) is 76.8 Å². The molecule has 0 radical (unpaired) electrons. The lowest BCUT2D eigenvalue weighted by molar-refractivity contribution is 0.0695. The van der Waals surface area contributed by atoms with Gasteiger partial charge in [-0.05, 0) is 66.6 Å². The predicted octanol–water partition coefficient (Wildman–Crippen LogP) is 5.43. The Labute approximate surface area is 168 Å².